The number of guanidine groups is 1. The van der Waals surface area contributed by atoms with E-state index in [1.54, 1.807) is 14.2 Å². The van der Waals surface area contributed by atoms with E-state index in [0.717, 1.165) is 24.8 Å². The maximum Gasteiger partial charge on any atom is 0.191 e. The Kier molecular flexibility index (Phi) is 10.4. The van der Waals surface area contributed by atoms with E-state index in [1.165, 1.54) is 5.56 Å². The van der Waals surface area contributed by atoms with Crippen molar-refractivity contribution in [2.24, 2.45) is 4.99 Å². The van der Waals surface area contributed by atoms with Crippen molar-refractivity contribution in [2.75, 3.05) is 33.9 Å². The molecule has 0 aliphatic heterocycles. The summed E-state index contributed by atoms with van der Waals surface area (Å²) in [6.45, 7) is 12.7. The molecule has 1 aromatic rings. The van der Waals surface area contributed by atoms with Crippen molar-refractivity contribution >= 4 is 29.9 Å². The van der Waals surface area contributed by atoms with Crippen molar-refractivity contribution in [3.63, 3.8) is 0 Å². The Bertz CT molecular complexity index is 528. The molecule has 0 unspecified atom stereocenters. The molecular formula is C19H34IN3O2. The summed E-state index contributed by atoms with van der Waals surface area (Å²) in [5, 5.41) is 6.72. The molecule has 6 heteroatoms. The van der Waals surface area contributed by atoms with Gasteiger partial charge in [-0.1, -0.05) is 26.0 Å². The minimum Gasteiger partial charge on any atom is -0.497 e. The van der Waals surface area contributed by atoms with Crippen LogP contribution >= 0.6 is 24.0 Å². The zero-order chi connectivity index (χ0) is 18.2. The normalized spacial score (nSPS) is 12.4. The fourth-order valence-electron chi connectivity index (χ4n) is 2.12. The van der Waals surface area contributed by atoms with Gasteiger partial charge < -0.3 is 20.1 Å². The van der Waals surface area contributed by atoms with E-state index in [2.05, 4.69) is 48.5 Å². The van der Waals surface area contributed by atoms with E-state index < -0.39 is 0 Å². The Hall–Kier alpha value is -1.02. The molecule has 0 bridgehead atoms. The summed E-state index contributed by atoms with van der Waals surface area (Å²) in [5.74, 6) is 1.68. The van der Waals surface area contributed by atoms with Crippen LogP contribution in [0.15, 0.2) is 29.3 Å². The number of hydrogen-bond donors (Lipinski definition) is 2. The highest BCUT2D eigenvalue weighted by atomic mass is 127. The van der Waals surface area contributed by atoms with Crippen LogP contribution in [0.2, 0.25) is 0 Å². The van der Waals surface area contributed by atoms with Gasteiger partial charge in [0.15, 0.2) is 5.96 Å². The fourth-order valence-corrected chi connectivity index (χ4v) is 2.12. The lowest BCUT2D eigenvalue weighted by Gasteiger charge is -2.27. The standard InChI is InChI=1S/C19H33N3O2.HI/c1-8-20-17(22-14-19(4,5)24-7)21-13-18(2,3)15-9-11-16(23-6)12-10-15;/h9-12H,8,13-14H2,1-7H3,(H2,20,21,22);1H. The van der Waals surface area contributed by atoms with Crippen LogP contribution in [0, 0.1) is 0 Å². The van der Waals surface area contributed by atoms with Crippen LogP contribution in [0.5, 0.6) is 5.75 Å². The van der Waals surface area contributed by atoms with Gasteiger partial charge in [0.1, 0.15) is 5.75 Å². The molecule has 0 amide bonds. The van der Waals surface area contributed by atoms with Crippen molar-refractivity contribution in [3.05, 3.63) is 29.8 Å². The number of benzene rings is 1. The van der Waals surface area contributed by atoms with Crippen LogP contribution in [-0.4, -0.2) is 45.4 Å². The second kappa shape index (κ2) is 10.9. The lowest BCUT2D eigenvalue weighted by molar-refractivity contribution is 0.0310. The first-order valence-corrected chi connectivity index (χ1v) is 8.46. The van der Waals surface area contributed by atoms with E-state index in [-0.39, 0.29) is 35.0 Å². The highest BCUT2D eigenvalue weighted by Crippen LogP contribution is 2.24. The zero-order valence-corrected chi connectivity index (χ0v) is 18.9. The SMILES string of the molecule is CCNC(=NCC(C)(C)OC)NCC(C)(C)c1ccc(OC)cc1.I. The largest absolute Gasteiger partial charge is 0.497 e. The molecular weight excluding hydrogens is 429 g/mol. The van der Waals surface area contributed by atoms with Gasteiger partial charge in [0.05, 0.1) is 19.3 Å². The van der Waals surface area contributed by atoms with Crippen molar-refractivity contribution in [1.29, 1.82) is 0 Å². The predicted molar refractivity (Wildman–Crippen MR) is 117 cm³/mol. The number of nitrogens with zero attached hydrogens (tertiary/aromatic N) is 1. The molecule has 2 N–H and O–H groups in total. The molecule has 5 nitrogen and oxygen atoms in total. The average Bonchev–Trinajstić information content (AvgIpc) is 2.57. The first-order chi connectivity index (χ1) is 11.2. The second-order valence-corrected chi connectivity index (χ2v) is 7.12. The molecule has 0 aliphatic rings. The van der Waals surface area contributed by atoms with Gasteiger partial charge in [-0.25, -0.2) is 0 Å². The van der Waals surface area contributed by atoms with Crippen molar-refractivity contribution in [3.8, 4) is 5.75 Å². The molecule has 0 atom stereocenters. The average molecular weight is 463 g/mol. The van der Waals surface area contributed by atoms with E-state index in [0.29, 0.717) is 6.54 Å². The molecule has 0 aliphatic carbocycles. The highest BCUT2D eigenvalue weighted by Gasteiger charge is 2.21. The van der Waals surface area contributed by atoms with Crippen LogP contribution < -0.4 is 15.4 Å². The molecule has 0 saturated carbocycles. The summed E-state index contributed by atoms with van der Waals surface area (Å²) in [6.07, 6.45) is 0. The van der Waals surface area contributed by atoms with Crippen LogP contribution in [0.25, 0.3) is 0 Å². The molecule has 0 saturated heterocycles. The summed E-state index contributed by atoms with van der Waals surface area (Å²) in [7, 11) is 3.39. The Morgan fingerprint density at radius 3 is 2.12 bits per heavy atom. The molecule has 0 aromatic heterocycles. The first kappa shape index (κ1) is 24.0. The van der Waals surface area contributed by atoms with Crippen molar-refractivity contribution in [2.45, 2.75) is 45.6 Å². The monoisotopic (exact) mass is 463 g/mol. The van der Waals surface area contributed by atoms with Crippen LogP contribution in [0.1, 0.15) is 40.2 Å². The van der Waals surface area contributed by atoms with Crippen molar-refractivity contribution in [1.82, 2.24) is 10.6 Å². The predicted octanol–water partition coefficient (Wildman–Crippen LogP) is 3.57. The molecule has 0 fully saturated rings. The highest BCUT2D eigenvalue weighted by molar-refractivity contribution is 14.0. The summed E-state index contributed by atoms with van der Waals surface area (Å²) >= 11 is 0. The van der Waals surface area contributed by atoms with Gasteiger partial charge in [-0.05, 0) is 38.5 Å². The van der Waals surface area contributed by atoms with Gasteiger partial charge >= 0.3 is 0 Å². The number of aliphatic imine (C=N–C) groups is 1. The third-order valence-electron chi connectivity index (χ3n) is 4.08. The summed E-state index contributed by atoms with van der Waals surface area (Å²) in [5.41, 5.74) is 0.955. The molecule has 0 heterocycles. The smallest absolute Gasteiger partial charge is 0.191 e. The quantitative estimate of drug-likeness (QED) is 0.352. The lowest BCUT2D eigenvalue weighted by Crippen LogP contribution is -2.44. The third kappa shape index (κ3) is 8.27. The number of methoxy groups -OCH3 is 2. The van der Waals surface area contributed by atoms with E-state index >= 15 is 0 Å². The molecule has 144 valence electrons. The second-order valence-electron chi connectivity index (χ2n) is 7.12. The van der Waals surface area contributed by atoms with Gasteiger partial charge in [0.25, 0.3) is 0 Å². The number of halogens is 1. The maximum absolute atomic E-state index is 5.43. The number of nitrogens with one attached hydrogen (secondary N) is 2. The molecule has 1 rings (SSSR count). The Morgan fingerprint density at radius 2 is 1.64 bits per heavy atom. The minimum absolute atomic E-state index is 0. The summed E-state index contributed by atoms with van der Waals surface area (Å²) < 4.78 is 10.7. The van der Waals surface area contributed by atoms with Crippen molar-refractivity contribution < 1.29 is 9.47 Å². The number of ether oxygens (including phenoxy) is 2. The van der Waals surface area contributed by atoms with E-state index in [4.69, 9.17) is 9.47 Å². The van der Waals surface area contributed by atoms with Gasteiger partial charge in [-0.2, -0.15) is 0 Å². The minimum atomic E-state index is -0.270. The Labute approximate surface area is 170 Å². The van der Waals surface area contributed by atoms with Crippen LogP contribution in [-0.2, 0) is 10.2 Å². The van der Waals surface area contributed by atoms with Crippen LogP contribution in [0.3, 0.4) is 0 Å². The van der Waals surface area contributed by atoms with E-state index in [1.807, 2.05) is 26.0 Å². The van der Waals surface area contributed by atoms with Crippen LogP contribution in [0.4, 0.5) is 0 Å². The molecule has 25 heavy (non-hydrogen) atoms. The van der Waals surface area contributed by atoms with Gasteiger partial charge in [0, 0.05) is 25.6 Å². The Balaban J connectivity index is 0.00000576. The van der Waals surface area contributed by atoms with Gasteiger partial charge in [0.2, 0.25) is 0 Å². The topological polar surface area (TPSA) is 54.9 Å². The van der Waals surface area contributed by atoms with Gasteiger partial charge in [-0.15, -0.1) is 24.0 Å². The molecule has 0 spiro atoms. The maximum atomic E-state index is 5.43. The molecule has 1 aromatic carbocycles. The third-order valence-corrected chi connectivity index (χ3v) is 4.08. The summed E-state index contributed by atoms with van der Waals surface area (Å²) in [4.78, 5) is 4.63. The zero-order valence-electron chi connectivity index (χ0n) is 16.6. The Morgan fingerprint density at radius 1 is 1.04 bits per heavy atom. The fraction of sp³-hybridized carbons (Fsp3) is 0.632. The van der Waals surface area contributed by atoms with E-state index in [9.17, 15) is 0 Å². The molecule has 0 radical (unpaired) electrons. The number of rotatable bonds is 8. The number of hydrogen-bond acceptors (Lipinski definition) is 3. The van der Waals surface area contributed by atoms with Gasteiger partial charge in [-0.3, -0.25) is 4.99 Å². The summed E-state index contributed by atoms with van der Waals surface area (Å²) in [6, 6.07) is 8.21. The lowest BCUT2D eigenvalue weighted by atomic mass is 9.84. The first-order valence-electron chi connectivity index (χ1n) is 8.46.